The van der Waals surface area contributed by atoms with Gasteiger partial charge in [-0.15, -0.1) is 0 Å². The lowest BCUT2D eigenvalue weighted by Crippen LogP contribution is -2.49. The van der Waals surface area contributed by atoms with E-state index in [1.165, 1.54) is 0 Å². The number of hydrogen-bond acceptors (Lipinski definition) is 6. The smallest absolute Gasteiger partial charge is 0.339 e. The number of esters is 1. The van der Waals surface area contributed by atoms with E-state index in [-0.39, 0.29) is 6.61 Å². The van der Waals surface area contributed by atoms with Gasteiger partial charge in [0.25, 0.3) is 5.79 Å². The molecule has 0 atom stereocenters. The van der Waals surface area contributed by atoms with Gasteiger partial charge in [-0.2, -0.15) is 0 Å². The minimum Gasteiger partial charge on any atom is -0.449 e. The number of benzene rings is 1. The summed E-state index contributed by atoms with van der Waals surface area (Å²) in [5, 5.41) is 0. The van der Waals surface area contributed by atoms with E-state index in [0.29, 0.717) is 32.0 Å². The molecule has 0 aliphatic rings. The van der Waals surface area contributed by atoms with Crippen molar-refractivity contribution in [1.29, 1.82) is 0 Å². The molecule has 0 saturated carbocycles. The third kappa shape index (κ3) is 6.77. The van der Waals surface area contributed by atoms with Crippen LogP contribution in [0.15, 0.2) is 30.3 Å². The zero-order chi connectivity index (χ0) is 19.3. The highest BCUT2D eigenvalue weighted by atomic mass is 16.8. The molecule has 0 saturated heterocycles. The minimum atomic E-state index is -1.38. The molecule has 1 rings (SSSR count). The average molecular weight is 364 g/mol. The van der Waals surface area contributed by atoms with E-state index in [9.17, 15) is 4.79 Å². The quantitative estimate of drug-likeness (QED) is 0.342. The van der Waals surface area contributed by atoms with E-state index >= 15 is 0 Å². The van der Waals surface area contributed by atoms with Crippen molar-refractivity contribution < 1.29 is 28.5 Å². The number of rotatable bonds is 11. The van der Waals surface area contributed by atoms with Gasteiger partial charge in [0.05, 0.1) is 5.56 Å². The lowest BCUT2D eigenvalue weighted by Gasteiger charge is -2.34. The summed E-state index contributed by atoms with van der Waals surface area (Å²) in [7, 11) is 0. The fourth-order valence-electron chi connectivity index (χ4n) is 2.23. The van der Waals surface area contributed by atoms with Gasteiger partial charge in [-0.25, -0.2) is 4.79 Å². The van der Waals surface area contributed by atoms with Crippen molar-refractivity contribution in [2.75, 3.05) is 33.0 Å². The number of carbonyl (C=O) groups excluding carboxylic acids is 1. The Morgan fingerprint density at radius 2 is 1.54 bits per heavy atom. The van der Waals surface area contributed by atoms with Crippen molar-refractivity contribution in [1.82, 2.24) is 0 Å². The monoisotopic (exact) mass is 364 g/mol. The maximum atomic E-state index is 12.0. The lowest BCUT2D eigenvalue weighted by molar-refractivity contribution is -0.321. The largest absolute Gasteiger partial charge is 0.449 e. The van der Waals surface area contributed by atoms with Gasteiger partial charge in [0.1, 0.15) is 0 Å². The first kappa shape index (κ1) is 22.1. The highest BCUT2D eigenvalue weighted by Gasteiger charge is 2.41. The van der Waals surface area contributed by atoms with Gasteiger partial charge < -0.3 is 23.7 Å². The lowest BCUT2D eigenvalue weighted by atomic mass is 10.2. The number of ether oxygens (including phenoxy) is 5. The SMILES string of the molecule is CCOC(OCC)C(C#CCOC(=O)c1ccccc1)(OCC)OCC. The molecule has 26 heavy (non-hydrogen) atoms. The summed E-state index contributed by atoms with van der Waals surface area (Å²) >= 11 is 0. The molecule has 0 aliphatic carbocycles. The first-order chi connectivity index (χ1) is 12.6. The van der Waals surface area contributed by atoms with Crippen molar-refractivity contribution in [2.45, 2.75) is 39.8 Å². The first-order valence-electron chi connectivity index (χ1n) is 8.86. The first-order valence-corrected chi connectivity index (χ1v) is 8.86. The van der Waals surface area contributed by atoms with Crippen LogP contribution in [-0.2, 0) is 23.7 Å². The molecule has 1 aromatic carbocycles. The molecular weight excluding hydrogens is 336 g/mol. The van der Waals surface area contributed by atoms with Crippen LogP contribution < -0.4 is 0 Å². The number of hydrogen-bond donors (Lipinski definition) is 0. The van der Waals surface area contributed by atoms with Gasteiger partial charge in [0, 0.05) is 26.4 Å². The summed E-state index contributed by atoms with van der Waals surface area (Å²) < 4.78 is 27.9. The number of carbonyl (C=O) groups is 1. The van der Waals surface area contributed by atoms with E-state index < -0.39 is 18.0 Å². The fraction of sp³-hybridized carbons (Fsp3) is 0.550. The normalized spacial score (nSPS) is 11.1. The van der Waals surface area contributed by atoms with Crippen LogP contribution in [0.2, 0.25) is 0 Å². The van der Waals surface area contributed by atoms with Crippen LogP contribution in [0.25, 0.3) is 0 Å². The molecule has 6 heteroatoms. The Labute approximate surface area is 155 Å². The Balaban J connectivity index is 2.87. The Kier molecular flexibility index (Phi) is 10.6. The fourth-order valence-corrected chi connectivity index (χ4v) is 2.23. The maximum Gasteiger partial charge on any atom is 0.339 e. The van der Waals surface area contributed by atoms with Gasteiger partial charge in [0.2, 0.25) is 6.29 Å². The van der Waals surface area contributed by atoms with Crippen LogP contribution in [0.3, 0.4) is 0 Å². The van der Waals surface area contributed by atoms with Crippen LogP contribution in [-0.4, -0.2) is 51.1 Å². The van der Waals surface area contributed by atoms with E-state index in [1.54, 1.807) is 24.3 Å². The topological polar surface area (TPSA) is 63.2 Å². The molecule has 0 heterocycles. The highest BCUT2D eigenvalue weighted by molar-refractivity contribution is 5.89. The summed E-state index contributed by atoms with van der Waals surface area (Å²) in [5.41, 5.74) is 0.469. The second-order valence-corrected chi connectivity index (χ2v) is 5.02. The van der Waals surface area contributed by atoms with Crippen LogP contribution in [0.5, 0.6) is 0 Å². The minimum absolute atomic E-state index is 0.0966. The molecule has 0 amide bonds. The van der Waals surface area contributed by atoms with Crippen molar-refractivity contribution >= 4 is 5.97 Å². The second kappa shape index (κ2) is 12.4. The standard InChI is InChI=1S/C20H28O6/c1-5-22-19(23-6-2)20(25-7-3,26-8-4)15-12-16-24-18(21)17-13-10-9-11-14-17/h9-11,13-14,19H,5-8,16H2,1-4H3. The van der Waals surface area contributed by atoms with Gasteiger partial charge >= 0.3 is 5.97 Å². The van der Waals surface area contributed by atoms with E-state index in [0.717, 1.165) is 0 Å². The van der Waals surface area contributed by atoms with E-state index in [2.05, 4.69) is 11.8 Å². The molecule has 0 aliphatic heterocycles. The van der Waals surface area contributed by atoms with E-state index in [4.69, 9.17) is 23.7 Å². The predicted octanol–water partition coefficient (Wildman–Crippen LogP) is 3.02. The van der Waals surface area contributed by atoms with Crippen LogP contribution in [0.4, 0.5) is 0 Å². The summed E-state index contributed by atoms with van der Waals surface area (Å²) in [6.07, 6.45) is -0.810. The second-order valence-electron chi connectivity index (χ2n) is 5.02. The molecule has 0 unspecified atom stereocenters. The Hall–Kier alpha value is -1.91. The molecular formula is C20H28O6. The zero-order valence-electron chi connectivity index (χ0n) is 15.9. The molecule has 144 valence electrons. The molecule has 0 aromatic heterocycles. The Bertz CT molecular complexity index is 563. The van der Waals surface area contributed by atoms with Crippen LogP contribution in [0, 0.1) is 11.8 Å². The predicted molar refractivity (Wildman–Crippen MR) is 97.5 cm³/mol. The summed E-state index contributed by atoms with van der Waals surface area (Å²) in [4.78, 5) is 12.0. The van der Waals surface area contributed by atoms with E-state index in [1.807, 2.05) is 33.8 Å². The van der Waals surface area contributed by atoms with Crippen LogP contribution in [0.1, 0.15) is 38.1 Å². The van der Waals surface area contributed by atoms with Crippen molar-refractivity contribution in [3.63, 3.8) is 0 Å². The summed E-state index contributed by atoms with van der Waals surface area (Å²) in [6.45, 7) is 8.81. The molecule has 6 nitrogen and oxygen atoms in total. The third-order valence-corrected chi connectivity index (χ3v) is 3.21. The Morgan fingerprint density at radius 1 is 0.962 bits per heavy atom. The zero-order valence-corrected chi connectivity index (χ0v) is 15.9. The highest BCUT2D eigenvalue weighted by Crippen LogP contribution is 2.22. The molecule has 0 bridgehead atoms. The van der Waals surface area contributed by atoms with Gasteiger partial charge in [0.15, 0.2) is 6.61 Å². The van der Waals surface area contributed by atoms with Crippen LogP contribution >= 0.6 is 0 Å². The summed E-state index contributed by atoms with van der Waals surface area (Å²) in [5.74, 6) is 3.86. The molecule has 0 fully saturated rings. The summed E-state index contributed by atoms with van der Waals surface area (Å²) in [6, 6.07) is 8.73. The molecule has 0 spiro atoms. The average Bonchev–Trinajstić information content (AvgIpc) is 2.66. The van der Waals surface area contributed by atoms with Crippen molar-refractivity contribution in [3.05, 3.63) is 35.9 Å². The Morgan fingerprint density at radius 3 is 2.04 bits per heavy atom. The van der Waals surface area contributed by atoms with Crippen molar-refractivity contribution in [3.8, 4) is 11.8 Å². The van der Waals surface area contributed by atoms with Crippen molar-refractivity contribution in [2.24, 2.45) is 0 Å². The molecule has 0 N–H and O–H groups in total. The maximum absolute atomic E-state index is 12.0. The van der Waals surface area contributed by atoms with Gasteiger partial charge in [-0.3, -0.25) is 0 Å². The molecule has 0 radical (unpaired) electrons. The van der Waals surface area contributed by atoms with Gasteiger partial charge in [-0.1, -0.05) is 24.1 Å². The third-order valence-electron chi connectivity index (χ3n) is 3.21. The molecule has 1 aromatic rings. The van der Waals surface area contributed by atoms with Gasteiger partial charge in [-0.05, 0) is 45.7 Å².